The lowest BCUT2D eigenvalue weighted by atomic mass is 9.67. The van der Waals surface area contributed by atoms with Crippen molar-refractivity contribution in [2.24, 2.45) is 11.3 Å². The van der Waals surface area contributed by atoms with Gasteiger partial charge in [0, 0.05) is 12.1 Å². The number of carbonyl (C=O) groups excluding carboxylic acids is 1. The van der Waals surface area contributed by atoms with Crippen molar-refractivity contribution in [3.05, 3.63) is 30.4 Å². The SMILES string of the molecule is C=C1CC(CC)CC(C)(CC(=O)Nc2ccc(N)c(N)c2)C1. The molecule has 120 valence electrons. The number of carbonyl (C=O) groups is 1. The van der Waals surface area contributed by atoms with Crippen LogP contribution in [0.4, 0.5) is 17.1 Å². The highest BCUT2D eigenvalue weighted by molar-refractivity contribution is 5.92. The van der Waals surface area contributed by atoms with Crippen molar-refractivity contribution in [1.29, 1.82) is 0 Å². The van der Waals surface area contributed by atoms with Crippen molar-refractivity contribution in [2.75, 3.05) is 16.8 Å². The topological polar surface area (TPSA) is 81.1 Å². The number of anilines is 3. The summed E-state index contributed by atoms with van der Waals surface area (Å²) in [5.74, 6) is 0.669. The Balaban J connectivity index is 2.01. The summed E-state index contributed by atoms with van der Waals surface area (Å²) in [6.45, 7) is 8.56. The van der Waals surface area contributed by atoms with Crippen LogP contribution in [-0.4, -0.2) is 5.91 Å². The van der Waals surface area contributed by atoms with Crippen LogP contribution in [0.2, 0.25) is 0 Å². The van der Waals surface area contributed by atoms with Gasteiger partial charge in [0.1, 0.15) is 0 Å². The number of rotatable bonds is 4. The predicted octanol–water partition coefficient (Wildman–Crippen LogP) is 3.95. The van der Waals surface area contributed by atoms with Gasteiger partial charge in [0.25, 0.3) is 0 Å². The highest BCUT2D eigenvalue weighted by Gasteiger charge is 2.35. The number of hydrogen-bond acceptors (Lipinski definition) is 3. The Labute approximate surface area is 133 Å². The fourth-order valence-corrected chi connectivity index (χ4v) is 3.59. The van der Waals surface area contributed by atoms with Gasteiger partial charge in [-0.25, -0.2) is 0 Å². The minimum absolute atomic E-state index is 0.000549. The lowest BCUT2D eigenvalue weighted by Crippen LogP contribution is -2.31. The number of nitrogens with one attached hydrogen (secondary N) is 1. The highest BCUT2D eigenvalue weighted by atomic mass is 16.1. The second-order valence-electron chi connectivity index (χ2n) is 6.99. The summed E-state index contributed by atoms with van der Waals surface area (Å²) >= 11 is 0. The summed E-state index contributed by atoms with van der Waals surface area (Å²) in [5.41, 5.74) is 14.4. The smallest absolute Gasteiger partial charge is 0.224 e. The van der Waals surface area contributed by atoms with Crippen LogP contribution in [0.15, 0.2) is 30.4 Å². The van der Waals surface area contributed by atoms with E-state index in [-0.39, 0.29) is 11.3 Å². The van der Waals surface area contributed by atoms with Gasteiger partial charge < -0.3 is 16.8 Å². The second kappa shape index (κ2) is 6.42. The third-order valence-corrected chi connectivity index (χ3v) is 4.57. The molecule has 22 heavy (non-hydrogen) atoms. The molecular weight excluding hydrogens is 274 g/mol. The van der Waals surface area contributed by atoms with Crippen LogP contribution in [0.5, 0.6) is 0 Å². The lowest BCUT2D eigenvalue weighted by molar-refractivity contribution is -0.118. The molecule has 1 fully saturated rings. The van der Waals surface area contributed by atoms with Crippen LogP contribution in [0.3, 0.4) is 0 Å². The molecule has 1 saturated carbocycles. The summed E-state index contributed by atoms with van der Waals surface area (Å²) in [5, 5.41) is 2.93. The Morgan fingerprint density at radius 3 is 2.77 bits per heavy atom. The molecule has 0 aromatic heterocycles. The predicted molar refractivity (Wildman–Crippen MR) is 93.4 cm³/mol. The third-order valence-electron chi connectivity index (χ3n) is 4.57. The molecule has 2 rings (SSSR count). The minimum Gasteiger partial charge on any atom is -0.397 e. The largest absolute Gasteiger partial charge is 0.397 e. The summed E-state index contributed by atoms with van der Waals surface area (Å²) < 4.78 is 0. The quantitative estimate of drug-likeness (QED) is 0.581. The molecule has 0 aliphatic heterocycles. The van der Waals surface area contributed by atoms with Gasteiger partial charge in [0.05, 0.1) is 11.4 Å². The first kappa shape index (κ1) is 16.4. The molecule has 5 N–H and O–H groups in total. The molecule has 0 saturated heterocycles. The monoisotopic (exact) mass is 301 g/mol. The average molecular weight is 301 g/mol. The van der Waals surface area contributed by atoms with Crippen LogP contribution in [0.1, 0.15) is 46.0 Å². The normalized spacial score (nSPS) is 25.0. The molecule has 2 unspecified atom stereocenters. The van der Waals surface area contributed by atoms with Gasteiger partial charge >= 0.3 is 0 Å². The maximum Gasteiger partial charge on any atom is 0.224 e. The summed E-state index contributed by atoms with van der Waals surface area (Å²) in [7, 11) is 0. The first-order valence-electron chi connectivity index (χ1n) is 7.93. The zero-order valence-corrected chi connectivity index (χ0v) is 13.6. The van der Waals surface area contributed by atoms with Crippen molar-refractivity contribution < 1.29 is 4.79 Å². The molecule has 1 aliphatic rings. The van der Waals surface area contributed by atoms with Gasteiger partial charge in [-0.1, -0.05) is 32.4 Å². The van der Waals surface area contributed by atoms with E-state index in [0.29, 0.717) is 29.4 Å². The second-order valence-corrected chi connectivity index (χ2v) is 6.99. The van der Waals surface area contributed by atoms with Gasteiger partial charge in [-0.15, -0.1) is 0 Å². The Morgan fingerprint density at radius 2 is 2.14 bits per heavy atom. The van der Waals surface area contributed by atoms with E-state index in [1.165, 1.54) is 5.57 Å². The van der Waals surface area contributed by atoms with E-state index in [1.54, 1.807) is 18.2 Å². The molecule has 4 nitrogen and oxygen atoms in total. The number of amides is 1. The lowest BCUT2D eigenvalue weighted by Gasteiger charge is -2.38. The van der Waals surface area contributed by atoms with Crippen molar-refractivity contribution >= 4 is 23.0 Å². The summed E-state index contributed by atoms with van der Waals surface area (Å²) in [4.78, 5) is 12.4. The number of benzene rings is 1. The maximum absolute atomic E-state index is 12.4. The van der Waals surface area contributed by atoms with Crippen LogP contribution in [0, 0.1) is 11.3 Å². The van der Waals surface area contributed by atoms with E-state index >= 15 is 0 Å². The molecule has 2 atom stereocenters. The van der Waals surface area contributed by atoms with Crippen LogP contribution in [-0.2, 0) is 4.79 Å². The van der Waals surface area contributed by atoms with E-state index in [4.69, 9.17) is 11.5 Å². The molecule has 0 heterocycles. The van der Waals surface area contributed by atoms with Gasteiger partial charge in [-0.05, 0) is 48.8 Å². The number of allylic oxidation sites excluding steroid dienone is 1. The molecule has 0 spiro atoms. The molecular formula is C18H27N3O. The molecule has 0 radical (unpaired) electrons. The summed E-state index contributed by atoms with van der Waals surface area (Å²) in [6, 6.07) is 5.19. The van der Waals surface area contributed by atoms with Crippen molar-refractivity contribution in [3.63, 3.8) is 0 Å². The van der Waals surface area contributed by atoms with Crippen LogP contribution < -0.4 is 16.8 Å². The van der Waals surface area contributed by atoms with Crippen molar-refractivity contribution in [3.8, 4) is 0 Å². The van der Waals surface area contributed by atoms with Crippen LogP contribution in [0.25, 0.3) is 0 Å². The molecule has 1 aromatic carbocycles. The van der Waals surface area contributed by atoms with Gasteiger partial charge in [-0.3, -0.25) is 4.79 Å². The molecule has 1 amide bonds. The Kier molecular flexibility index (Phi) is 4.79. The summed E-state index contributed by atoms with van der Waals surface area (Å²) in [6.07, 6.45) is 4.76. The van der Waals surface area contributed by atoms with Crippen LogP contribution >= 0.6 is 0 Å². The first-order valence-corrected chi connectivity index (χ1v) is 7.93. The number of nitrogen functional groups attached to an aromatic ring is 2. The Bertz CT molecular complexity index is 582. The van der Waals surface area contributed by atoms with Gasteiger partial charge in [-0.2, -0.15) is 0 Å². The van der Waals surface area contributed by atoms with E-state index in [9.17, 15) is 4.79 Å². The van der Waals surface area contributed by atoms with Crippen molar-refractivity contribution in [2.45, 2.75) is 46.0 Å². The standard InChI is InChI=1S/C18H27N3O/c1-4-13-7-12(2)9-18(3,10-13)11-17(22)21-14-5-6-15(19)16(20)8-14/h5-6,8,13H,2,4,7,9-11,19-20H2,1,3H3,(H,21,22). The molecule has 4 heteroatoms. The number of hydrogen-bond donors (Lipinski definition) is 3. The molecule has 1 aliphatic carbocycles. The van der Waals surface area contributed by atoms with E-state index in [1.807, 2.05) is 0 Å². The molecule has 0 bridgehead atoms. The zero-order valence-electron chi connectivity index (χ0n) is 13.6. The highest BCUT2D eigenvalue weighted by Crippen LogP contribution is 2.44. The maximum atomic E-state index is 12.4. The fourth-order valence-electron chi connectivity index (χ4n) is 3.59. The van der Waals surface area contributed by atoms with E-state index < -0.39 is 0 Å². The molecule has 1 aromatic rings. The Morgan fingerprint density at radius 1 is 1.41 bits per heavy atom. The number of nitrogens with two attached hydrogens (primary N) is 2. The minimum atomic E-state index is -0.000549. The van der Waals surface area contributed by atoms with E-state index in [0.717, 1.165) is 25.7 Å². The first-order chi connectivity index (χ1) is 10.3. The fraction of sp³-hybridized carbons (Fsp3) is 0.500. The van der Waals surface area contributed by atoms with Gasteiger partial charge in [0.2, 0.25) is 5.91 Å². The average Bonchev–Trinajstić information content (AvgIpc) is 2.41. The van der Waals surface area contributed by atoms with E-state index in [2.05, 4.69) is 25.7 Å². The Hall–Kier alpha value is -1.97. The third kappa shape index (κ3) is 4.03. The zero-order chi connectivity index (χ0) is 16.3. The van der Waals surface area contributed by atoms with Crippen molar-refractivity contribution in [1.82, 2.24) is 0 Å². The van der Waals surface area contributed by atoms with Gasteiger partial charge in [0.15, 0.2) is 0 Å².